The van der Waals surface area contributed by atoms with Crippen molar-refractivity contribution in [2.45, 2.75) is 25.3 Å². The normalized spacial score (nSPS) is 23.1. The Morgan fingerprint density at radius 3 is 2.54 bits per heavy atom. The lowest BCUT2D eigenvalue weighted by atomic mass is 9.75. The van der Waals surface area contributed by atoms with E-state index in [2.05, 4.69) is 46.6 Å². The molecule has 0 spiro atoms. The van der Waals surface area contributed by atoms with Gasteiger partial charge in [0.15, 0.2) is 0 Å². The van der Waals surface area contributed by atoms with E-state index in [1.54, 1.807) is 6.07 Å². The molecule has 26 heavy (non-hydrogen) atoms. The first kappa shape index (κ1) is 16.6. The summed E-state index contributed by atoms with van der Waals surface area (Å²) in [5.41, 5.74) is 5.44. The van der Waals surface area contributed by atoms with Crippen molar-refractivity contribution in [2.24, 2.45) is 5.92 Å². The Labute approximate surface area is 153 Å². The zero-order chi connectivity index (χ0) is 18.4. The van der Waals surface area contributed by atoms with Crippen molar-refractivity contribution >= 4 is 17.1 Å². The molecule has 2 aromatic rings. The minimum atomic E-state index is -0.255. The summed E-state index contributed by atoms with van der Waals surface area (Å²) in [6.07, 6.45) is 5.25. The number of allylic oxidation sites excluding steroid dienone is 2. The Morgan fingerprint density at radius 2 is 1.88 bits per heavy atom. The summed E-state index contributed by atoms with van der Waals surface area (Å²) >= 11 is 0. The molecule has 1 aliphatic heterocycles. The highest BCUT2D eigenvalue weighted by Crippen LogP contribution is 2.53. The first-order chi connectivity index (χ1) is 12.5. The topological polar surface area (TPSA) is 58.4 Å². The molecule has 134 valence electrons. The number of hydrogen-bond acceptors (Lipinski definition) is 4. The molecule has 1 aliphatic carbocycles. The van der Waals surface area contributed by atoms with Crippen LogP contribution in [0.1, 0.15) is 35.1 Å². The standard InChI is InChI=1S/C21H23N3O2/c1-13-7-12-18(24(25)26)19-16-5-4-6-17(16)21(22-20(13)19)14-8-10-15(11-9-14)23(2)3/h4-5,7-12,16-17,21-22H,6H2,1-3H3. The Bertz CT molecular complexity index is 887. The highest BCUT2D eigenvalue weighted by Gasteiger charge is 2.42. The average molecular weight is 349 g/mol. The Kier molecular flexibility index (Phi) is 3.94. The maximum absolute atomic E-state index is 11.6. The molecule has 0 fully saturated rings. The third-order valence-corrected chi connectivity index (χ3v) is 5.67. The van der Waals surface area contributed by atoms with Crippen molar-refractivity contribution in [3.8, 4) is 0 Å². The zero-order valence-corrected chi connectivity index (χ0v) is 15.3. The fraction of sp³-hybridized carbons (Fsp3) is 0.333. The number of hydrogen-bond donors (Lipinski definition) is 1. The number of nitrogens with zero attached hydrogens (tertiary/aromatic N) is 2. The zero-order valence-electron chi connectivity index (χ0n) is 15.3. The molecule has 2 aliphatic rings. The van der Waals surface area contributed by atoms with Gasteiger partial charge in [0, 0.05) is 37.5 Å². The van der Waals surface area contributed by atoms with Gasteiger partial charge in [-0.3, -0.25) is 10.1 Å². The summed E-state index contributed by atoms with van der Waals surface area (Å²) in [5, 5.41) is 15.2. The van der Waals surface area contributed by atoms with Crippen LogP contribution >= 0.6 is 0 Å². The second kappa shape index (κ2) is 6.16. The maximum atomic E-state index is 11.6. The third-order valence-electron chi connectivity index (χ3n) is 5.67. The largest absolute Gasteiger partial charge is 0.378 e. The van der Waals surface area contributed by atoms with Gasteiger partial charge in [-0.1, -0.05) is 30.4 Å². The van der Waals surface area contributed by atoms with E-state index in [4.69, 9.17) is 0 Å². The molecular weight excluding hydrogens is 326 g/mol. The minimum Gasteiger partial charge on any atom is -0.378 e. The number of rotatable bonds is 3. The predicted molar refractivity (Wildman–Crippen MR) is 105 cm³/mol. The molecule has 0 saturated carbocycles. The van der Waals surface area contributed by atoms with Crippen molar-refractivity contribution < 1.29 is 4.92 Å². The van der Waals surface area contributed by atoms with Crippen LogP contribution in [-0.2, 0) is 0 Å². The second-order valence-electron chi connectivity index (χ2n) is 7.41. The molecule has 3 unspecified atom stereocenters. The molecule has 1 N–H and O–H groups in total. The van der Waals surface area contributed by atoms with Crippen LogP contribution in [0.5, 0.6) is 0 Å². The monoisotopic (exact) mass is 349 g/mol. The first-order valence-electron chi connectivity index (χ1n) is 8.95. The number of nitro groups is 1. The van der Waals surface area contributed by atoms with E-state index in [0.717, 1.165) is 28.9 Å². The Morgan fingerprint density at radius 1 is 1.15 bits per heavy atom. The van der Waals surface area contributed by atoms with Crippen LogP contribution in [0.3, 0.4) is 0 Å². The van der Waals surface area contributed by atoms with Crippen LogP contribution in [-0.4, -0.2) is 19.0 Å². The fourth-order valence-corrected chi connectivity index (χ4v) is 4.30. The van der Waals surface area contributed by atoms with E-state index in [0.29, 0.717) is 5.92 Å². The molecule has 5 heteroatoms. The summed E-state index contributed by atoms with van der Waals surface area (Å²) < 4.78 is 0. The summed E-state index contributed by atoms with van der Waals surface area (Å²) in [7, 11) is 4.06. The van der Waals surface area contributed by atoms with Crippen molar-refractivity contribution in [2.75, 3.05) is 24.3 Å². The van der Waals surface area contributed by atoms with Gasteiger partial charge in [0.1, 0.15) is 0 Å². The summed E-state index contributed by atoms with van der Waals surface area (Å²) in [5.74, 6) is 0.387. The number of aryl methyl sites for hydroxylation is 1. The van der Waals surface area contributed by atoms with Crippen molar-refractivity contribution in [3.63, 3.8) is 0 Å². The molecule has 0 aromatic heterocycles. The molecule has 4 rings (SSSR count). The van der Waals surface area contributed by atoms with E-state index in [-0.39, 0.29) is 22.6 Å². The van der Waals surface area contributed by atoms with Crippen molar-refractivity contribution in [1.82, 2.24) is 0 Å². The van der Waals surface area contributed by atoms with E-state index < -0.39 is 0 Å². The maximum Gasteiger partial charge on any atom is 0.275 e. The number of fused-ring (bicyclic) bond motifs is 3. The van der Waals surface area contributed by atoms with Gasteiger partial charge < -0.3 is 10.2 Å². The molecule has 3 atom stereocenters. The highest BCUT2D eigenvalue weighted by molar-refractivity contribution is 5.70. The number of nitro benzene ring substituents is 1. The summed E-state index contributed by atoms with van der Waals surface area (Å²) in [6, 6.07) is 12.2. The predicted octanol–water partition coefficient (Wildman–Crippen LogP) is 4.80. The highest BCUT2D eigenvalue weighted by atomic mass is 16.6. The lowest BCUT2D eigenvalue weighted by Gasteiger charge is -2.38. The van der Waals surface area contributed by atoms with Crippen LogP contribution < -0.4 is 10.2 Å². The van der Waals surface area contributed by atoms with Gasteiger partial charge in [0.2, 0.25) is 0 Å². The van der Waals surface area contributed by atoms with Gasteiger partial charge in [-0.2, -0.15) is 0 Å². The molecular formula is C21H23N3O2. The van der Waals surface area contributed by atoms with Crippen molar-refractivity contribution in [3.05, 3.63) is 75.4 Å². The van der Waals surface area contributed by atoms with Crippen LogP contribution in [0.4, 0.5) is 17.1 Å². The first-order valence-corrected chi connectivity index (χ1v) is 8.95. The lowest BCUT2D eigenvalue weighted by molar-refractivity contribution is -0.385. The van der Waals surface area contributed by atoms with E-state index in [9.17, 15) is 10.1 Å². The summed E-state index contributed by atoms with van der Waals surface area (Å²) in [4.78, 5) is 13.4. The van der Waals surface area contributed by atoms with Crippen LogP contribution in [0, 0.1) is 23.0 Å². The minimum absolute atomic E-state index is 0.0880. The molecule has 0 amide bonds. The van der Waals surface area contributed by atoms with Gasteiger partial charge >= 0.3 is 0 Å². The van der Waals surface area contributed by atoms with Gasteiger partial charge in [0.05, 0.1) is 16.5 Å². The summed E-state index contributed by atoms with van der Waals surface area (Å²) in [6.45, 7) is 2.01. The Hall–Kier alpha value is -2.82. The fourth-order valence-electron chi connectivity index (χ4n) is 4.30. The smallest absolute Gasteiger partial charge is 0.275 e. The van der Waals surface area contributed by atoms with Gasteiger partial charge in [0.25, 0.3) is 5.69 Å². The molecule has 0 radical (unpaired) electrons. The quantitative estimate of drug-likeness (QED) is 0.491. The number of nitrogens with one attached hydrogen (secondary N) is 1. The number of benzene rings is 2. The van der Waals surface area contributed by atoms with Crippen LogP contribution in [0.2, 0.25) is 0 Å². The van der Waals surface area contributed by atoms with Gasteiger partial charge in [-0.25, -0.2) is 0 Å². The molecule has 2 aromatic carbocycles. The van der Waals surface area contributed by atoms with Crippen LogP contribution in [0.15, 0.2) is 48.6 Å². The van der Waals surface area contributed by atoms with E-state index >= 15 is 0 Å². The second-order valence-corrected chi connectivity index (χ2v) is 7.41. The average Bonchev–Trinajstić information content (AvgIpc) is 3.11. The molecule has 0 bridgehead atoms. The SMILES string of the molecule is Cc1ccc([N+](=O)[O-])c2c1NC(c1ccc(N(C)C)cc1)C1CC=CC21. The van der Waals surface area contributed by atoms with E-state index in [1.165, 1.54) is 5.56 Å². The molecule has 1 heterocycles. The Balaban J connectivity index is 1.80. The third kappa shape index (κ3) is 2.55. The van der Waals surface area contributed by atoms with E-state index in [1.807, 2.05) is 27.1 Å². The van der Waals surface area contributed by atoms with Crippen molar-refractivity contribution in [1.29, 1.82) is 0 Å². The van der Waals surface area contributed by atoms with Gasteiger partial charge in [-0.15, -0.1) is 0 Å². The lowest BCUT2D eigenvalue weighted by Crippen LogP contribution is -2.30. The molecule has 5 nitrogen and oxygen atoms in total. The molecule has 0 saturated heterocycles. The number of anilines is 2. The van der Waals surface area contributed by atoms with Crippen LogP contribution in [0.25, 0.3) is 0 Å². The van der Waals surface area contributed by atoms with Gasteiger partial charge in [-0.05, 0) is 42.5 Å².